The average Bonchev–Trinajstić information content (AvgIpc) is 2.10. The molecule has 0 unspecified atom stereocenters. The van der Waals surface area contributed by atoms with E-state index in [0.29, 0.717) is 0 Å². The van der Waals surface area contributed by atoms with Gasteiger partial charge >= 0.3 is 6.18 Å². The molecule has 0 radical (unpaired) electrons. The molecule has 11 heavy (non-hydrogen) atoms. The van der Waals surface area contributed by atoms with Gasteiger partial charge in [0.25, 0.3) is 0 Å². The lowest BCUT2D eigenvalue weighted by atomic mass is 10.2. The van der Waals surface area contributed by atoms with Crippen molar-refractivity contribution in [3.63, 3.8) is 0 Å². The highest BCUT2D eigenvalue weighted by Crippen LogP contribution is 2.28. The molecule has 60 valence electrons. The Labute approximate surface area is 62.7 Å². The van der Waals surface area contributed by atoms with Crippen molar-refractivity contribution in [2.45, 2.75) is 12.6 Å². The fourth-order valence-corrected chi connectivity index (χ4v) is 0.788. The van der Waals surface area contributed by atoms with Crippen molar-refractivity contribution in [3.05, 3.63) is 36.0 Å². The molecule has 1 aliphatic rings. The maximum absolute atomic E-state index is 12.0. The van der Waals surface area contributed by atoms with Crippen LogP contribution in [0.3, 0.4) is 0 Å². The second-order valence-corrected chi connectivity index (χ2v) is 2.21. The smallest absolute Gasteiger partial charge is 0.166 e. The number of halogens is 3. The summed E-state index contributed by atoms with van der Waals surface area (Å²) in [6.07, 6.45) is 2.96. The first-order chi connectivity index (χ1) is 5.11. The number of hydrogen-bond acceptors (Lipinski definition) is 0. The zero-order valence-corrected chi connectivity index (χ0v) is 5.73. The summed E-state index contributed by atoms with van der Waals surface area (Å²) in [5.74, 6) is 0. The molecule has 3 heteroatoms. The number of hydrogen-bond donors (Lipinski definition) is 0. The third kappa shape index (κ3) is 2.26. The Balaban J connectivity index is 2.81. The monoisotopic (exact) mass is 160 g/mol. The normalized spacial score (nSPS) is 17.9. The van der Waals surface area contributed by atoms with Crippen LogP contribution in [0, 0.1) is 0 Å². The first kappa shape index (κ1) is 8.11. The second kappa shape index (κ2) is 2.95. The fraction of sp³-hybridized carbons (Fsp3) is 0.250. The van der Waals surface area contributed by atoms with Crippen molar-refractivity contribution in [2.75, 3.05) is 0 Å². The Kier molecular flexibility index (Phi) is 2.17. The predicted molar refractivity (Wildman–Crippen MR) is 37.0 cm³/mol. The summed E-state index contributed by atoms with van der Waals surface area (Å²) in [6.45, 7) is 0. The van der Waals surface area contributed by atoms with Gasteiger partial charge in [0.1, 0.15) is 0 Å². The van der Waals surface area contributed by atoms with E-state index in [1.54, 1.807) is 12.2 Å². The molecule has 0 aromatic rings. The van der Waals surface area contributed by atoms with E-state index in [1.807, 2.05) is 0 Å². The van der Waals surface area contributed by atoms with E-state index in [0.717, 1.165) is 6.08 Å². The molecular weight excluding hydrogens is 153 g/mol. The SMILES string of the molecule is FC(F)(F)C1=CC=CC=CC1. The maximum Gasteiger partial charge on any atom is 0.412 e. The van der Waals surface area contributed by atoms with E-state index in [2.05, 4.69) is 0 Å². The molecule has 0 spiro atoms. The van der Waals surface area contributed by atoms with Gasteiger partial charge in [0.15, 0.2) is 0 Å². The van der Waals surface area contributed by atoms with Crippen LogP contribution in [-0.4, -0.2) is 6.18 Å². The first-order valence-corrected chi connectivity index (χ1v) is 3.20. The Morgan fingerprint density at radius 2 is 1.82 bits per heavy atom. The van der Waals surface area contributed by atoms with Gasteiger partial charge in [-0.15, -0.1) is 0 Å². The topological polar surface area (TPSA) is 0 Å². The highest BCUT2D eigenvalue weighted by Gasteiger charge is 2.31. The molecule has 0 N–H and O–H groups in total. The highest BCUT2D eigenvalue weighted by atomic mass is 19.4. The van der Waals surface area contributed by atoms with Gasteiger partial charge in [-0.2, -0.15) is 13.2 Å². The van der Waals surface area contributed by atoms with Crippen LogP contribution in [0.15, 0.2) is 36.0 Å². The van der Waals surface area contributed by atoms with Gasteiger partial charge in [-0.3, -0.25) is 0 Å². The van der Waals surface area contributed by atoms with Crippen LogP contribution in [-0.2, 0) is 0 Å². The predicted octanol–water partition coefficient (Wildman–Crippen LogP) is 2.99. The largest absolute Gasteiger partial charge is 0.412 e. The molecule has 0 atom stereocenters. The molecule has 0 aromatic carbocycles. The summed E-state index contributed by atoms with van der Waals surface area (Å²) >= 11 is 0. The Bertz CT molecular complexity index is 218. The summed E-state index contributed by atoms with van der Waals surface area (Å²) < 4.78 is 36.0. The summed E-state index contributed by atoms with van der Waals surface area (Å²) in [6, 6.07) is 0. The standard InChI is InChI=1S/C8H7F3/c9-8(10,11)7-5-3-1-2-4-6-7/h1-5H,6H2. The van der Waals surface area contributed by atoms with E-state index in [1.165, 1.54) is 12.2 Å². The maximum atomic E-state index is 12.0. The van der Waals surface area contributed by atoms with E-state index in [-0.39, 0.29) is 6.42 Å². The highest BCUT2D eigenvalue weighted by molar-refractivity contribution is 5.25. The van der Waals surface area contributed by atoms with Gasteiger partial charge in [-0.05, 0) is 6.42 Å². The van der Waals surface area contributed by atoms with Crippen LogP contribution in [0.2, 0.25) is 0 Å². The fourth-order valence-electron chi connectivity index (χ4n) is 0.788. The van der Waals surface area contributed by atoms with E-state index in [9.17, 15) is 13.2 Å². The quantitative estimate of drug-likeness (QED) is 0.511. The molecule has 0 aliphatic heterocycles. The first-order valence-electron chi connectivity index (χ1n) is 3.20. The van der Waals surface area contributed by atoms with Gasteiger partial charge in [-0.25, -0.2) is 0 Å². The van der Waals surface area contributed by atoms with Crippen molar-refractivity contribution in [2.24, 2.45) is 0 Å². The van der Waals surface area contributed by atoms with Gasteiger partial charge < -0.3 is 0 Å². The summed E-state index contributed by atoms with van der Waals surface area (Å²) in [7, 11) is 0. The Morgan fingerprint density at radius 1 is 1.09 bits per heavy atom. The molecular formula is C8H7F3. The molecule has 0 nitrogen and oxygen atoms in total. The third-order valence-corrected chi connectivity index (χ3v) is 1.36. The molecule has 0 fully saturated rings. The van der Waals surface area contributed by atoms with Crippen molar-refractivity contribution in [1.29, 1.82) is 0 Å². The van der Waals surface area contributed by atoms with Crippen LogP contribution >= 0.6 is 0 Å². The van der Waals surface area contributed by atoms with Gasteiger partial charge in [0, 0.05) is 5.57 Å². The summed E-state index contributed by atoms with van der Waals surface area (Å²) in [5.41, 5.74) is -0.498. The van der Waals surface area contributed by atoms with Crippen molar-refractivity contribution < 1.29 is 13.2 Å². The van der Waals surface area contributed by atoms with Crippen LogP contribution in [0.4, 0.5) is 13.2 Å². The molecule has 1 rings (SSSR count). The van der Waals surface area contributed by atoms with Crippen LogP contribution in [0.25, 0.3) is 0 Å². The minimum Gasteiger partial charge on any atom is -0.166 e. The zero-order valence-electron chi connectivity index (χ0n) is 5.73. The van der Waals surface area contributed by atoms with Gasteiger partial charge in [0.05, 0.1) is 0 Å². The lowest BCUT2D eigenvalue weighted by Gasteiger charge is -2.07. The van der Waals surface area contributed by atoms with E-state index < -0.39 is 11.7 Å². The molecule has 1 aliphatic carbocycles. The average molecular weight is 160 g/mol. The van der Waals surface area contributed by atoms with Gasteiger partial charge in [0.2, 0.25) is 0 Å². The molecule has 0 saturated carbocycles. The van der Waals surface area contributed by atoms with Gasteiger partial charge in [-0.1, -0.05) is 30.4 Å². The molecule has 0 bridgehead atoms. The third-order valence-electron chi connectivity index (χ3n) is 1.36. The van der Waals surface area contributed by atoms with Crippen LogP contribution < -0.4 is 0 Å². The minimum atomic E-state index is -4.18. The number of allylic oxidation sites excluding steroid dienone is 6. The molecule has 0 saturated heterocycles. The van der Waals surface area contributed by atoms with Crippen molar-refractivity contribution in [1.82, 2.24) is 0 Å². The number of alkyl halides is 3. The van der Waals surface area contributed by atoms with Crippen LogP contribution in [0.5, 0.6) is 0 Å². The zero-order chi connectivity index (χ0) is 8.32. The molecule has 0 heterocycles. The van der Waals surface area contributed by atoms with Crippen molar-refractivity contribution >= 4 is 0 Å². The van der Waals surface area contributed by atoms with E-state index in [4.69, 9.17) is 0 Å². The Hall–Kier alpha value is -0.990. The molecule has 0 aromatic heterocycles. The van der Waals surface area contributed by atoms with Crippen molar-refractivity contribution in [3.8, 4) is 0 Å². The lowest BCUT2D eigenvalue weighted by molar-refractivity contribution is -0.0928. The Morgan fingerprint density at radius 3 is 2.45 bits per heavy atom. The summed E-state index contributed by atoms with van der Waals surface area (Å²) in [5, 5.41) is 0. The number of rotatable bonds is 0. The van der Waals surface area contributed by atoms with E-state index >= 15 is 0 Å². The summed E-state index contributed by atoms with van der Waals surface area (Å²) in [4.78, 5) is 0. The molecule has 0 amide bonds. The minimum absolute atomic E-state index is 0.0313. The van der Waals surface area contributed by atoms with Crippen LogP contribution in [0.1, 0.15) is 6.42 Å². The lowest BCUT2D eigenvalue weighted by Crippen LogP contribution is -2.10. The second-order valence-electron chi connectivity index (χ2n) is 2.21.